The van der Waals surface area contributed by atoms with Crippen molar-refractivity contribution in [3.8, 4) is 5.69 Å². The van der Waals surface area contributed by atoms with Gasteiger partial charge >= 0.3 is 6.03 Å². The molecule has 2 aliphatic heterocycles. The maximum absolute atomic E-state index is 14.1. The van der Waals surface area contributed by atoms with Crippen LogP contribution < -0.4 is 16.0 Å². The smallest absolute Gasteiger partial charge is 0.320 e. The van der Waals surface area contributed by atoms with E-state index in [2.05, 4.69) is 20.9 Å². The third kappa shape index (κ3) is 7.03. The van der Waals surface area contributed by atoms with E-state index in [4.69, 9.17) is 14.6 Å². The minimum Gasteiger partial charge on any atom is -0.383 e. The van der Waals surface area contributed by atoms with Crippen LogP contribution in [0.15, 0.2) is 54.6 Å². The SMILES string of the molecule is COCCN1C[C@@H](NC(=O)Nc2cc(COC3CCNCC3)nn2-c2ccccc2)[C@H](c2ccc(F)c(F)c2)C1. The van der Waals surface area contributed by atoms with Crippen LogP contribution in [-0.4, -0.2) is 79.3 Å². The first kappa shape index (κ1) is 28.2. The predicted octanol–water partition coefficient (Wildman–Crippen LogP) is 3.66. The Balaban J connectivity index is 1.31. The summed E-state index contributed by atoms with van der Waals surface area (Å²) in [5, 5.41) is 14.1. The number of carbonyl (C=O) groups is 1. The molecule has 40 heavy (non-hydrogen) atoms. The predicted molar refractivity (Wildman–Crippen MR) is 148 cm³/mol. The van der Waals surface area contributed by atoms with E-state index in [1.807, 2.05) is 36.4 Å². The lowest BCUT2D eigenvalue weighted by atomic mass is 9.94. The normalized spacial score (nSPS) is 20.1. The minimum atomic E-state index is -0.901. The van der Waals surface area contributed by atoms with Crippen molar-refractivity contribution in [2.24, 2.45) is 0 Å². The van der Waals surface area contributed by atoms with Crippen LogP contribution in [0.5, 0.6) is 0 Å². The van der Waals surface area contributed by atoms with Crippen molar-refractivity contribution in [1.82, 2.24) is 25.3 Å². The van der Waals surface area contributed by atoms with Crippen LogP contribution in [0.2, 0.25) is 0 Å². The summed E-state index contributed by atoms with van der Waals surface area (Å²) in [5.41, 5.74) is 2.15. The number of nitrogens with one attached hydrogen (secondary N) is 3. The Morgan fingerprint density at radius 1 is 1.07 bits per heavy atom. The molecule has 2 aliphatic rings. The number of urea groups is 1. The molecule has 2 atom stereocenters. The van der Waals surface area contributed by atoms with E-state index in [0.717, 1.165) is 37.7 Å². The van der Waals surface area contributed by atoms with Gasteiger partial charge in [0.05, 0.1) is 36.7 Å². The van der Waals surface area contributed by atoms with Crippen molar-refractivity contribution in [3.63, 3.8) is 0 Å². The summed E-state index contributed by atoms with van der Waals surface area (Å²) < 4.78 is 40.7. The van der Waals surface area contributed by atoms with E-state index in [1.54, 1.807) is 17.9 Å². The molecule has 2 amide bonds. The van der Waals surface area contributed by atoms with Crippen molar-refractivity contribution in [2.75, 3.05) is 51.8 Å². The molecule has 2 saturated heterocycles. The third-order valence-electron chi connectivity index (χ3n) is 7.45. The van der Waals surface area contributed by atoms with Gasteiger partial charge in [0.15, 0.2) is 11.6 Å². The molecule has 0 radical (unpaired) electrons. The average Bonchev–Trinajstić information content (AvgIpc) is 3.56. The third-order valence-corrected chi connectivity index (χ3v) is 7.45. The van der Waals surface area contributed by atoms with Crippen LogP contribution in [0, 0.1) is 11.6 Å². The lowest BCUT2D eigenvalue weighted by Gasteiger charge is -2.22. The van der Waals surface area contributed by atoms with Crippen LogP contribution in [-0.2, 0) is 16.1 Å². The second-order valence-corrected chi connectivity index (χ2v) is 10.3. The van der Waals surface area contributed by atoms with Gasteiger partial charge in [-0.15, -0.1) is 0 Å². The topological polar surface area (TPSA) is 92.7 Å². The van der Waals surface area contributed by atoms with Crippen molar-refractivity contribution in [3.05, 3.63) is 77.5 Å². The first-order chi connectivity index (χ1) is 19.5. The summed E-state index contributed by atoms with van der Waals surface area (Å²) in [6.45, 7) is 4.54. The molecule has 0 spiro atoms. The molecule has 3 heterocycles. The number of hydrogen-bond acceptors (Lipinski definition) is 6. The second-order valence-electron chi connectivity index (χ2n) is 10.3. The van der Waals surface area contributed by atoms with Crippen molar-refractivity contribution in [1.29, 1.82) is 0 Å². The highest BCUT2D eigenvalue weighted by Gasteiger charge is 2.35. The molecule has 3 N–H and O–H groups in total. The molecule has 5 rings (SSSR count). The number of hydrogen-bond donors (Lipinski definition) is 3. The lowest BCUT2D eigenvalue weighted by Crippen LogP contribution is -2.42. The Hall–Kier alpha value is -3.38. The van der Waals surface area contributed by atoms with E-state index >= 15 is 0 Å². The fourth-order valence-electron chi connectivity index (χ4n) is 5.36. The number of aromatic nitrogens is 2. The summed E-state index contributed by atoms with van der Waals surface area (Å²) >= 11 is 0. The van der Waals surface area contributed by atoms with Gasteiger partial charge < -0.3 is 20.1 Å². The zero-order valence-corrected chi connectivity index (χ0v) is 22.6. The van der Waals surface area contributed by atoms with E-state index in [9.17, 15) is 13.6 Å². The number of rotatable bonds is 10. The van der Waals surface area contributed by atoms with Gasteiger partial charge in [0.1, 0.15) is 5.82 Å². The highest BCUT2D eigenvalue weighted by Crippen LogP contribution is 2.29. The molecule has 9 nitrogen and oxygen atoms in total. The number of methoxy groups -OCH3 is 1. The lowest BCUT2D eigenvalue weighted by molar-refractivity contribution is 0.0194. The molecule has 0 unspecified atom stereocenters. The first-order valence-electron chi connectivity index (χ1n) is 13.7. The molecule has 0 saturated carbocycles. The Labute approximate surface area is 232 Å². The fraction of sp³-hybridized carbons (Fsp3) is 0.448. The quantitative estimate of drug-likeness (QED) is 0.354. The monoisotopic (exact) mass is 554 g/mol. The first-order valence-corrected chi connectivity index (χ1v) is 13.7. The Morgan fingerprint density at radius 3 is 2.62 bits per heavy atom. The van der Waals surface area contributed by atoms with Gasteiger partial charge in [0, 0.05) is 38.7 Å². The second kappa shape index (κ2) is 13.3. The molecule has 2 aromatic carbocycles. The molecular formula is C29H36F2N6O3. The molecule has 1 aromatic heterocycles. The summed E-state index contributed by atoms with van der Waals surface area (Å²) in [5.74, 6) is -1.51. The van der Waals surface area contributed by atoms with Crippen molar-refractivity contribution >= 4 is 11.8 Å². The summed E-state index contributed by atoms with van der Waals surface area (Å²) in [7, 11) is 1.63. The molecule has 0 aliphatic carbocycles. The van der Waals surface area contributed by atoms with Gasteiger partial charge in [0.2, 0.25) is 0 Å². The highest BCUT2D eigenvalue weighted by molar-refractivity contribution is 5.89. The number of nitrogens with zero attached hydrogens (tertiary/aromatic N) is 3. The molecule has 11 heteroatoms. The number of ether oxygens (including phenoxy) is 2. The van der Waals surface area contributed by atoms with Gasteiger partial charge in [-0.25, -0.2) is 18.3 Å². The van der Waals surface area contributed by atoms with Crippen LogP contribution in [0.4, 0.5) is 19.4 Å². The van der Waals surface area contributed by atoms with Crippen LogP contribution >= 0.6 is 0 Å². The fourth-order valence-corrected chi connectivity index (χ4v) is 5.36. The zero-order chi connectivity index (χ0) is 27.9. The van der Waals surface area contributed by atoms with E-state index in [1.165, 1.54) is 6.07 Å². The van der Waals surface area contributed by atoms with E-state index in [-0.39, 0.29) is 18.1 Å². The highest BCUT2D eigenvalue weighted by atomic mass is 19.2. The van der Waals surface area contributed by atoms with Gasteiger partial charge in [-0.3, -0.25) is 10.2 Å². The molecule has 214 valence electrons. The van der Waals surface area contributed by atoms with Crippen LogP contribution in [0.3, 0.4) is 0 Å². The average molecular weight is 555 g/mol. The number of carbonyl (C=O) groups excluding carboxylic acids is 1. The maximum Gasteiger partial charge on any atom is 0.320 e. The largest absolute Gasteiger partial charge is 0.383 e. The number of benzene rings is 2. The molecule has 0 bridgehead atoms. The number of piperidine rings is 1. The van der Waals surface area contributed by atoms with Crippen LogP contribution in [0.25, 0.3) is 5.69 Å². The Bertz CT molecular complexity index is 1270. The Kier molecular flexibility index (Phi) is 9.38. The summed E-state index contributed by atoms with van der Waals surface area (Å²) in [4.78, 5) is 15.4. The van der Waals surface area contributed by atoms with Gasteiger partial charge in [-0.1, -0.05) is 24.3 Å². The van der Waals surface area contributed by atoms with Gasteiger partial charge in [-0.2, -0.15) is 5.10 Å². The van der Waals surface area contributed by atoms with Crippen LogP contribution in [0.1, 0.15) is 30.0 Å². The molecule has 2 fully saturated rings. The number of para-hydroxylation sites is 1. The van der Waals surface area contributed by atoms with Gasteiger partial charge in [0.25, 0.3) is 0 Å². The van der Waals surface area contributed by atoms with Gasteiger partial charge in [-0.05, 0) is 55.8 Å². The Morgan fingerprint density at radius 2 is 1.88 bits per heavy atom. The number of halogens is 2. The van der Waals surface area contributed by atoms with Crippen molar-refractivity contribution < 1.29 is 23.0 Å². The number of anilines is 1. The molecular weight excluding hydrogens is 518 g/mol. The summed E-state index contributed by atoms with van der Waals surface area (Å²) in [6.07, 6.45) is 2.09. The zero-order valence-electron chi connectivity index (χ0n) is 22.6. The minimum absolute atomic E-state index is 0.180. The van der Waals surface area contributed by atoms with Crippen molar-refractivity contribution in [2.45, 2.75) is 37.5 Å². The molecule has 3 aromatic rings. The maximum atomic E-state index is 14.1. The standard InChI is InChI=1S/C29H36F2N6O3/c1-39-14-13-36-17-24(20-7-8-25(30)26(31)15-20)27(18-36)33-29(38)34-28-16-21(19-40-23-9-11-32-12-10-23)35-37(28)22-5-3-2-4-6-22/h2-8,15-16,23-24,27,32H,9-14,17-19H2,1H3,(H2,33,34,38)/t24-,27+/m0/s1. The van der Waals surface area contributed by atoms with E-state index < -0.39 is 17.7 Å². The summed E-state index contributed by atoms with van der Waals surface area (Å²) in [6, 6.07) is 14.6. The number of likely N-dealkylation sites (tertiary alicyclic amines) is 1. The van der Waals surface area contributed by atoms with E-state index in [0.29, 0.717) is 49.9 Å². The number of amides is 2.